The van der Waals surface area contributed by atoms with Crippen molar-refractivity contribution in [3.63, 3.8) is 0 Å². The highest BCUT2D eigenvalue weighted by atomic mass is 32.2. The van der Waals surface area contributed by atoms with Crippen LogP contribution in [-0.2, 0) is 11.3 Å². The van der Waals surface area contributed by atoms with Crippen molar-refractivity contribution in [1.29, 1.82) is 0 Å². The third-order valence-corrected chi connectivity index (χ3v) is 5.80. The summed E-state index contributed by atoms with van der Waals surface area (Å²) in [7, 11) is 0. The Labute approximate surface area is 161 Å². The number of thiazole rings is 1. The Morgan fingerprint density at radius 1 is 1.27 bits per heavy atom. The van der Waals surface area contributed by atoms with Crippen LogP contribution in [0.4, 0.5) is 5.13 Å². The van der Waals surface area contributed by atoms with Crippen LogP contribution in [0.25, 0.3) is 11.4 Å². The average Bonchev–Trinajstić information content (AvgIpc) is 3.21. The molecule has 8 heteroatoms. The molecule has 0 bridgehead atoms. The van der Waals surface area contributed by atoms with Crippen LogP contribution in [0.15, 0.2) is 34.8 Å². The minimum absolute atomic E-state index is 0.0908. The van der Waals surface area contributed by atoms with E-state index in [4.69, 9.17) is 0 Å². The lowest BCUT2D eigenvalue weighted by Gasteiger charge is -2.11. The molecule has 1 N–H and O–H groups in total. The molecule has 2 aromatic heterocycles. The van der Waals surface area contributed by atoms with Gasteiger partial charge in [0.15, 0.2) is 16.1 Å². The second-order valence-electron chi connectivity index (χ2n) is 5.96. The summed E-state index contributed by atoms with van der Waals surface area (Å²) in [4.78, 5) is 16.7. The number of carbonyl (C=O) groups excluding carboxylic acids is 1. The van der Waals surface area contributed by atoms with Gasteiger partial charge in [0.1, 0.15) is 0 Å². The molecule has 3 rings (SSSR count). The van der Waals surface area contributed by atoms with Crippen molar-refractivity contribution in [2.45, 2.75) is 44.6 Å². The molecule has 0 aliphatic rings. The molecule has 0 aliphatic carbocycles. The second kappa shape index (κ2) is 8.01. The largest absolute Gasteiger partial charge is 0.302 e. The number of benzene rings is 1. The first-order valence-electron chi connectivity index (χ1n) is 8.37. The first-order valence-corrected chi connectivity index (χ1v) is 10.1. The summed E-state index contributed by atoms with van der Waals surface area (Å²) in [6, 6.07) is 8.20. The molecule has 2 heterocycles. The maximum Gasteiger partial charge on any atom is 0.239 e. The van der Waals surface area contributed by atoms with Crippen molar-refractivity contribution in [3.05, 3.63) is 40.9 Å². The lowest BCUT2D eigenvalue weighted by atomic mass is 10.1. The zero-order valence-electron chi connectivity index (χ0n) is 15.2. The van der Waals surface area contributed by atoms with E-state index in [1.54, 1.807) is 0 Å². The third-order valence-electron chi connectivity index (χ3n) is 3.84. The zero-order chi connectivity index (χ0) is 18.7. The Balaban J connectivity index is 1.75. The van der Waals surface area contributed by atoms with E-state index in [1.165, 1.54) is 28.7 Å². The molecule has 0 radical (unpaired) electrons. The van der Waals surface area contributed by atoms with Gasteiger partial charge in [0.25, 0.3) is 0 Å². The van der Waals surface area contributed by atoms with Gasteiger partial charge in [-0.1, -0.05) is 41.6 Å². The van der Waals surface area contributed by atoms with Gasteiger partial charge < -0.3 is 9.88 Å². The predicted molar refractivity (Wildman–Crippen MR) is 107 cm³/mol. The van der Waals surface area contributed by atoms with Gasteiger partial charge in [-0.25, -0.2) is 4.98 Å². The number of thioether (sulfide) groups is 1. The van der Waals surface area contributed by atoms with E-state index in [0.717, 1.165) is 28.8 Å². The Morgan fingerprint density at radius 3 is 2.62 bits per heavy atom. The summed E-state index contributed by atoms with van der Waals surface area (Å²) in [6.45, 7) is 8.61. The minimum atomic E-state index is -0.306. The van der Waals surface area contributed by atoms with Gasteiger partial charge in [-0.15, -0.1) is 21.5 Å². The summed E-state index contributed by atoms with van der Waals surface area (Å²) in [5.41, 5.74) is 3.12. The topological polar surface area (TPSA) is 72.7 Å². The Kier molecular flexibility index (Phi) is 5.73. The number of carbonyl (C=O) groups is 1. The molecule has 0 saturated heterocycles. The highest BCUT2D eigenvalue weighted by molar-refractivity contribution is 8.00. The molecule has 0 spiro atoms. The minimum Gasteiger partial charge on any atom is -0.302 e. The van der Waals surface area contributed by atoms with Gasteiger partial charge in [0.2, 0.25) is 5.91 Å². The van der Waals surface area contributed by atoms with Crippen LogP contribution in [0, 0.1) is 13.8 Å². The number of rotatable bonds is 6. The first kappa shape index (κ1) is 18.6. The first-order chi connectivity index (χ1) is 12.5. The molecular formula is C18H21N5OS2. The molecule has 26 heavy (non-hydrogen) atoms. The molecule has 3 aromatic rings. The van der Waals surface area contributed by atoms with E-state index in [0.29, 0.717) is 5.13 Å². The molecule has 1 aromatic carbocycles. The van der Waals surface area contributed by atoms with Crippen LogP contribution in [0.1, 0.15) is 25.1 Å². The summed E-state index contributed by atoms with van der Waals surface area (Å²) in [5.74, 6) is 0.727. The van der Waals surface area contributed by atoms with Crippen LogP contribution < -0.4 is 5.32 Å². The molecule has 0 saturated carbocycles. The Morgan fingerprint density at radius 2 is 2.00 bits per heavy atom. The van der Waals surface area contributed by atoms with Crippen LogP contribution >= 0.6 is 23.1 Å². The fraction of sp³-hybridized carbons (Fsp3) is 0.333. The number of nitrogens with one attached hydrogen (secondary N) is 1. The fourth-order valence-corrected chi connectivity index (χ4v) is 4.01. The highest BCUT2D eigenvalue weighted by Crippen LogP contribution is 2.27. The van der Waals surface area contributed by atoms with Crippen molar-refractivity contribution in [3.8, 4) is 11.4 Å². The zero-order valence-corrected chi connectivity index (χ0v) is 16.8. The predicted octanol–water partition coefficient (Wildman–Crippen LogP) is 4.16. The summed E-state index contributed by atoms with van der Waals surface area (Å²) >= 11 is 2.83. The lowest BCUT2D eigenvalue weighted by molar-refractivity contribution is -0.115. The number of aryl methyl sites for hydroxylation is 2. The van der Waals surface area contributed by atoms with E-state index >= 15 is 0 Å². The van der Waals surface area contributed by atoms with Crippen molar-refractivity contribution < 1.29 is 4.79 Å². The standard InChI is InChI=1S/C18H21N5OS2/c1-5-23-15(14-8-6-11(2)7-9-14)21-22-18(23)26-13(4)16(24)20-17-19-12(3)10-25-17/h6-10,13H,5H2,1-4H3,(H,19,20,24)/t13-/m0/s1. The molecule has 136 valence electrons. The fourth-order valence-electron chi connectivity index (χ4n) is 2.41. The van der Waals surface area contributed by atoms with Gasteiger partial charge in [-0.05, 0) is 27.7 Å². The molecule has 1 atom stereocenters. The molecule has 0 fully saturated rings. The normalized spacial score (nSPS) is 12.2. The number of hydrogen-bond acceptors (Lipinski definition) is 6. The lowest BCUT2D eigenvalue weighted by Crippen LogP contribution is -2.22. The highest BCUT2D eigenvalue weighted by Gasteiger charge is 2.21. The van der Waals surface area contributed by atoms with Gasteiger partial charge in [0, 0.05) is 17.5 Å². The summed E-state index contributed by atoms with van der Waals surface area (Å²) < 4.78 is 2.03. The summed E-state index contributed by atoms with van der Waals surface area (Å²) in [5, 5.41) is 14.5. The van der Waals surface area contributed by atoms with Crippen molar-refractivity contribution in [2.24, 2.45) is 0 Å². The van der Waals surface area contributed by atoms with E-state index < -0.39 is 0 Å². The molecule has 0 aliphatic heterocycles. The second-order valence-corrected chi connectivity index (χ2v) is 8.13. The van der Waals surface area contributed by atoms with E-state index in [2.05, 4.69) is 39.6 Å². The van der Waals surface area contributed by atoms with Crippen LogP contribution in [0.5, 0.6) is 0 Å². The SMILES string of the molecule is CCn1c(S[C@@H](C)C(=O)Nc2nc(C)cs2)nnc1-c1ccc(C)cc1. The van der Waals surface area contributed by atoms with Crippen LogP contribution in [-0.4, -0.2) is 30.9 Å². The summed E-state index contributed by atoms with van der Waals surface area (Å²) in [6.07, 6.45) is 0. The molecular weight excluding hydrogens is 366 g/mol. The number of amides is 1. The van der Waals surface area contributed by atoms with Gasteiger partial charge in [-0.3, -0.25) is 4.79 Å². The van der Waals surface area contributed by atoms with Crippen molar-refractivity contribution in [2.75, 3.05) is 5.32 Å². The maximum atomic E-state index is 12.4. The van der Waals surface area contributed by atoms with E-state index in [1.807, 2.05) is 42.9 Å². The molecule has 0 unspecified atom stereocenters. The van der Waals surface area contributed by atoms with Gasteiger partial charge >= 0.3 is 0 Å². The van der Waals surface area contributed by atoms with Crippen molar-refractivity contribution in [1.82, 2.24) is 19.7 Å². The quantitative estimate of drug-likeness (QED) is 0.643. The van der Waals surface area contributed by atoms with Crippen molar-refractivity contribution >= 4 is 34.1 Å². The van der Waals surface area contributed by atoms with E-state index in [-0.39, 0.29) is 11.2 Å². The Bertz CT molecular complexity index is 901. The van der Waals surface area contributed by atoms with Gasteiger partial charge in [0.05, 0.1) is 10.9 Å². The Hall–Kier alpha value is -2.19. The molecule has 1 amide bonds. The van der Waals surface area contributed by atoms with Crippen LogP contribution in [0.3, 0.4) is 0 Å². The third kappa shape index (κ3) is 4.13. The average molecular weight is 388 g/mol. The number of aromatic nitrogens is 4. The number of hydrogen-bond donors (Lipinski definition) is 1. The van der Waals surface area contributed by atoms with E-state index in [9.17, 15) is 4.79 Å². The number of anilines is 1. The molecule has 6 nitrogen and oxygen atoms in total. The smallest absolute Gasteiger partial charge is 0.239 e. The van der Waals surface area contributed by atoms with Crippen LogP contribution in [0.2, 0.25) is 0 Å². The monoisotopic (exact) mass is 387 g/mol. The van der Waals surface area contributed by atoms with Gasteiger partial charge in [-0.2, -0.15) is 0 Å². The number of nitrogens with zero attached hydrogens (tertiary/aromatic N) is 4. The maximum absolute atomic E-state index is 12.4.